The summed E-state index contributed by atoms with van der Waals surface area (Å²) < 4.78 is 26.8. The van der Waals surface area contributed by atoms with Gasteiger partial charge in [-0.1, -0.05) is 0 Å². The molecule has 0 N–H and O–H groups in total. The van der Waals surface area contributed by atoms with E-state index in [4.69, 9.17) is 0 Å². The molecule has 0 spiro atoms. The molecule has 0 saturated heterocycles. The van der Waals surface area contributed by atoms with Crippen LogP contribution in [0.3, 0.4) is 0 Å². The van der Waals surface area contributed by atoms with Gasteiger partial charge in [-0.2, -0.15) is 0 Å². The molecule has 12 heavy (non-hydrogen) atoms. The fraction of sp³-hybridized carbons (Fsp3) is 0.111. The molecule has 0 bridgehead atoms. The van der Waals surface area contributed by atoms with E-state index in [0.29, 0.717) is 10.1 Å². The number of fused-ring (bicyclic) bond motifs is 1. The Morgan fingerprint density at radius 3 is 2.83 bits per heavy atom. The summed E-state index contributed by atoms with van der Waals surface area (Å²) in [5.74, 6) is -0.904. The summed E-state index contributed by atoms with van der Waals surface area (Å²) in [7, 11) is 0. The lowest BCUT2D eigenvalue weighted by Gasteiger charge is -1.98. The first-order valence-corrected chi connectivity index (χ1v) is 4.40. The molecular weight excluding hydrogens is 178 g/mol. The van der Waals surface area contributed by atoms with Gasteiger partial charge >= 0.3 is 0 Å². The highest BCUT2D eigenvalue weighted by Gasteiger charge is 2.09. The Bertz CT molecular complexity index is 431. The molecule has 0 aliphatic carbocycles. The Labute approximate surface area is 72.4 Å². The molecule has 0 nitrogen and oxygen atoms in total. The fourth-order valence-corrected chi connectivity index (χ4v) is 2.00. The lowest BCUT2D eigenvalue weighted by molar-refractivity contribution is 0.578. The second-order valence-electron chi connectivity index (χ2n) is 2.64. The van der Waals surface area contributed by atoms with E-state index in [0.717, 1.165) is 0 Å². The molecule has 62 valence electrons. The van der Waals surface area contributed by atoms with Crippen LogP contribution in [0.2, 0.25) is 0 Å². The molecule has 0 unspecified atom stereocenters. The molecule has 0 aliphatic heterocycles. The van der Waals surface area contributed by atoms with Crippen LogP contribution in [0.1, 0.15) is 5.56 Å². The second-order valence-corrected chi connectivity index (χ2v) is 3.55. The van der Waals surface area contributed by atoms with Crippen LogP contribution in [0.15, 0.2) is 17.5 Å². The maximum Gasteiger partial charge on any atom is 0.146 e. The SMILES string of the molecule is Cc1c(F)cc2ccsc2c1F. The van der Waals surface area contributed by atoms with Crippen LogP contribution >= 0.6 is 11.3 Å². The molecule has 2 aromatic rings. The second kappa shape index (κ2) is 2.52. The van der Waals surface area contributed by atoms with Crippen molar-refractivity contribution >= 4 is 21.4 Å². The number of hydrogen-bond donors (Lipinski definition) is 0. The van der Waals surface area contributed by atoms with Crippen molar-refractivity contribution in [2.24, 2.45) is 0 Å². The van der Waals surface area contributed by atoms with Gasteiger partial charge in [-0.25, -0.2) is 8.78 Å². The summed E-state index contributed by atoms with van der Waals surface area (Å²) in [4.78, 5) is 0. The first kappa shape index (κ1) is 7.68. The number of halogens is 2. The molecular formula is C9H6F2S. The number of hydrogen-bond acceptors (Lipinski definition) is 1. The normalized spacial score (nSPS) is 10.9. The van der Waals surface area contributed by atoms with Crippen LogP contribution in [-0.2, 0) is 0 Å². The maximum atomic E-state index is 13.3. The van der Waals surface area contributed by atoms with E-state index in [1.165, 1.54) is 24.3 Å². The van der Waals surface area contributed by atoms with Gasteiger partial charge in [-0.05, 0) is 29.8 Å². The van der Waals surface area contributed by atoms with Gasteiger partial charge in [-0.15, -0.1) is 11.3 Å². The summed E-state index contributed by atoms with van der Waals surface area (Å²) in [6.07, 6.45) is 0. The van der Waals surface area contributed by atoms with E-state index in [-0.39, 0.29) is 5.56 Å². The quantitative estimate of drug-likeness (QED) is 0.588. The molecule has 1 aromatic carbocycles. The third-order valence-electron chi connectivity index (χ3n) is 1.86. The van der Waals surface area contributed by atoms with E-state index in [2.05, 4.69) is 0 Å². The number of thiophene rings is 1. The van der Waals surface area contributed by atoms with Gasteiger partial charge in [0, 0.05) is 5.56 Å². The minimum atomic E-state index is -0.474. The van der Waals surface area contributed by atoms with E-state index >= 15 is 0 Å². The molecule has 0 amide bonds. The lowest BCUT2D eigenvalue weighted by Crippen LogP contribution is -1.87. The molecule has 3 heteroatoms. The minimum absolute atomic E-state index is 0.102. The molecule has 0 fully saturated rings. The highest BCUT2D eigenvalue weighted by atomic mass is 32.1. The summed E-state index contributed by atoms with van der Waals surface area (Å²) in [5.41, 5.74) is 0.102. The van der Waals surface area contributed by atoms with Gasteiger partial charge in [0.15, 0.2) is 0 Å². The van der Waals surface area contributed by atoms with E-state index < -0.39 is 11.6 Å². The standard InChI is InChI=1S/C9H6F2S/c1-5-7(10)4-6-2-3-12-9(6)8(5)11/h2-4H,1H3. The van der Waals surface area contributed by atoms with Crippen LogP contribution in [0.5, 0.6) is 0 Å². The molecule has 0 atom stereocenters. The van der Waals surface area contributed by atoms with Crippen molar-refractivity contribution in [2.45, 2.75) is 6.92 Å². The van der Waals surface area contributed by atoms with Gasteiger partial charge in [0.05, 0.1) is 4.70 Å². The molecule has 0 aliphatic rings. The van der Waals surface area contributed by atoms with Crippen LogP contribution in [0.25, 0.3) is 10.1 Å². The summed E-state index contributed by atoms with van der Waals surface area (Å²) >= 11 is 1.30. The van der Waals surface area contributed by atoms with Crippen molar-refractivity contribution in [3.05, 3.63) is 34.7 Å². The van der Waals surface area contributed by atoms with Crippen molar-refractivity contribution in [1.82, 2.24) is 0 Å². The lowest BCUT2D eigenvalue weighted by atomic mass is 10.2. The Morgan fingerprint density at radius 1 is 1.33 bits per heavy atom. The van der Waals surface area contributed by atoms with Crippen LogP contribution < -0.4 is 0 Å². The highest BCUT2D eigenvalue weighted by molar-refractivity contribution is 7.17. The highest BCUT2D eigenvalue weighted by Crippen LogP contribution is 2.27. The molecule has 1 heterocycles. The molecule has 1 aromatic heterocycles. The average Bonchev–Trinajstić information content (AvgIpc) is 2.48. The zero-order valence-corrected chi connectivity index (χ0v) is 7.21. The van der Waals surface area contributed by atoms with E-state index in [1.807, 2.05) is 0 Å². The van der Waals surface area contributed by atoms with Crippen molar-refractivity contribution in [3.8, 4) is 0 Å². The number of benzene rings is 1. The monoisotopic (exact) mass is 184 g/mol. The zero-order valence-electron chi connectivity index (χ0n) is 6.40. The van der Waals surface area contributed by atoms with Crippen molar-refractivity contribution < 1.29 is 8.78 Å². The predicted molar refractivity (Wildman–Crippen MR) is 46.5 cm³/mol. The van der Waals surface area contributed by atoms with Gasteiger partial charge in [0.2, 0.25) is 0 Å². The largest absolute Gasteiger partial charge is 0.207 e. The van der Waals surface area contributed by atoms with Crippen molar-refractivity contribution in [1.29, 1.82) is 0 Å². The fourth-order valence-electron chi connectivity index (χ4n) is 1.13. The molecule has 0 saturated carbocycles. The summed E-state index contributed by atoms with van der Waals surface area (Å²) in [6.45, 7) is 1.45. The van der Waals surface area contributed by atoms with Gasteiger partial charge in [0.1, 0.15) is 11.6 Å². The maximum absolute atomic E-state index is 13.3. The van der Waals surface area contributed by atoms with Crippen LogP contribution in [0.4, 0.5) is 8.78 Å². The third kappa shape index (κ3) is 0.932. The van der Waals surface area contributed by atoms with Crippen molar-refractivity contribution in [2.75, 3.05) is 0 Å². The van der Waals surface area contributed by atoms with E-state index in [9.17, 15) is 8.78 Å². The first-order chi connectivity index (χ1) is 5.70. The minimum Gasteiger partial charge on any atom is -0.207 e. The number of rotatable bonds is 0. The zero-order chi connectivity index (χ0) is 8.72. The van der Waals surface area contributed by atoms with E-state index in [1.54, 1.807) is 11.4 Å². The topological polar surface area (TPSA) is 0 Å². The molecule has 0 radical (unpaired) electrons. The summed E-state index contributed by atoms with van der Waals surface area (Å²) in [5, 5.41) is 2.40. The van der Waals surface area contributed by atoms with Gasteiger partial charge in [-0.3, -0.25) is 0 Å². The Balaban J connectivity index is 2.94. The average molecular weight is 184 g/mol. The predicted octanol–water partition coefficient (Wildman–Crippen LogP) is 3.49. The van der Waals surface area contributed by atoms with Crippen LogP contribution in [0, 0.1) is 18.6 Å². The first-order valence-electron chi connectivity index (χ1n) is 3.52. The Kier molecular flexibility index (Phi) is 1.61. The third-order valence-corrected chi connectivity index (χ3v) is 2.79. The van der Waals surface area contributed by atoms with Crippen molar-refractivity contribution in [3.63, 3.8) is 0 Å². The van der Waals surface area contributed by atoms with Gasteiger partial charge in [0.25, 0.3) is 0 Å². The Hall–Kier alpha value is -0.960. The van der Waals surface area contributed by atoms with Gasteiger partial charge < -0.3 is 0 Å². The smallest absolute Gasteiger partial charge is 0.146 e. The van der Waals surface area contributed by atoms with Crippen LogP contribution in [-0.4, -0.2) is 0 Å². The molecule has 2 rings (SSSR count). The Morgan fingerprint density at radius 2 is 2.08 bits per heavy atom. The summed E-state index contributed by atoms with van der Waals surface area (Å²) in [6, 6.07) is 3.08.